The molecule has 0 aliphatic rings. The number of nitrogens with one attached hydrogen (secondary N) is 2. The molecule has 7 nitrogen and oxygen atoms in total. The molecule has 4 rings (SSSR count). The third-order valence-corrected chi connectivity index (χ3v) is 5.50. The van der Waals surface area contributed by atoms with Crippen LogP contribution in [0.25, 0.3) is 22.6 Å². The summed E-state index contributed by atoms with van der Waals surface area (Å²) in [6.07, 6.45) is 0.944. The van der Waals surface area contributed by atoms with Crippen LogP contribution in [-0.4, -0.2) is 28.7 Å². The van der Waals surface area contributed by atoms with Crippen molar-refractivity contribution in [3.05, 3.63) is 72.3 Å². The summed E-state index contributed by atoms with van der Waals surface area (Å²) < 4.78 is 17.2. The van der Waals surface area contributed by atoms with Gasteiger partial charge in [-0.15, -0.1) is 0 Å². The molecule has 0 aliphatic carbocycles. The molecule has 0 fully saturated rings. The first kappa shape index (κ1) is 24.2. The van der Waals surface area contributed by atoms with Crippen molar-refractivity contribution in [1.82, 2.24) is 10.3 Å². The van der Waals surface area contributed by atoms with E-state index >= 15 is 0 Å². The van der Waals surface area contributed by atoms with E-state index in [2.05, 4.69) is 15.6 Å². The van der Waals surface area contributed by atoms with Crippen LogP contribution in [0, 0.1) is 0 Å². The molecule has 0 aliphatic heterocycles. The van der Waals surface area contributed by atoms with Gasteiger partial charge in [0.1, 0.15) is 17.0 Å². The Morgan fingerprint density at radius 2 is 1.86 bits per heavy atom. The van der Waals surface area contributed by atoms with Gasteiger partial charge < -0.3 is 19.2 Å². The second-order valence-corrected chi connectivity index (χ2v) is 8.34. The maximum Gasteiger partial charge on any atom is 0.257 e. The lowest BCUT2D eigenvalue weighted by Gasteiger charge is -2.14. The molecule has 35 heavy (non-hydrogen) atoms. The van der Waals surface area contributed by atoms with Gasteiger partial charge in [-0.05, 0) is 93.1 Å². The van der Waals surface area contributed by atoms with Crippen molar-refractivity contribution >= 4 is 40.0 Å². The first-order valence-electron chi connectivity index (χ1n) is 11.5. The van der Waals surface area contributed by atoms with E-state index < -0.39 is 0 Å². The minimum atomic E-state index is -0.322. The van der Waals surface area contributed by atoms with Crippen molar-refractivity contribution in [2.45, 2.75) is 33.3 Å². The molecule has 3 aromatic carbocycles. The number of amides is 1. The summed E-state index contributed by atoms with van der Waals surface area (Å²) in [6, 6.07) is 20.0. The number of carbonyl (C=O) groups is 1. The molecule has 1 heterocycles. The van der Waals surface area contributed by atoms with Gasteiger partial charge in [0.25, 0.3) is 5.91 Å². The molecule has 0 radical (unpaired) electrons. The summed E-state index contributed by atoms with van der Waals surface area (Å²) in [5, 5.41) is 5.91. The predicted molar refractivity (Wildman–Crippen MR) is 141 cm³/mol. The average molecular weight is 490 g/mol. The van der Waals surface area contributed by atoms with E-state index in [1.165, 1.54) is 0 Å². The number of ether oxygens (including phenoxy) is 2. The van der Waals surface area contributed by atoms with Crippen molar-refractivity contribution in [2.75, 3.05) is 11.9 Å². The molecule has 1 unspecified atom stereocenters. The van der Waals surface area contributed by atoms with Gasteiger partial charge in [-0.1, -0.05) is 13.0 Å². The first-order chi connectivity index (χ1) is 16.9. The lowest BCUT2D eigenvalue weighted by Crippen LogP contribution is -2.34. The number of benzene rings is 3. The monoisotopic (exact) mass is 489 g/mol. The van der Waals surface area contributed by atoms with Gasteiger partial charge in [-0.3, -0.25) is 10.1 Å². The summed E-state index contributed by atoms with van der Waals surface area (Å²) >= 11 is 5.34. The Morgan fingerprint density at radius 3 is 2.60 bits per heavy atom. The lowest BCUT2D eigenvalue weighted by molar-refractivity contribution is 0.0977. The summed E-state index contributed by atoms with van der Waals surface area (Å²) in [5.41, 5.74) is 3.31. The van der Waals surface area contributed by atoms with Crippen LogP contribution in [0.4, 0.5) is 5.69 Å². The van der Waals surface area contributed by atoms with Crippen molar-refractivity contribution < 1.29 is 18.7 Å². The predicted octanol–water partition coefficient (Wildman–Crippen LogP) is 6.20. The number of rotatable bonds is 8. The van der Waals surface area contributed by atoms with Gasteiger partial charge in [-0.2, -0.15) is 0 Å². The minimum absolute atomic E-state index is 0.0671. The van der Waals surface area contributed by atoms with E-state index in [0.717, 1.165) is 17.7 Å². The fourth-order valence-corrected chi connectivity index (χ4v) is 3.56. The van der Waals surface area contributed by atoms with Gasteiger partial charge in [-0.25, -0.2) is 4.98 Å². The molecule has 8 heteroatoms. The molecular formula is C27H27N3O4S. The molecule has 0 saturated heterocycles. The normalized spacial score (nSPS) is 11.6. The molecule has 1 atom stereocenters. The number of thiocarbonyl (C=S) groups is 1. The van der Waals surface area contributed by atoms with Crippen LogP contribution in [-0.2, 0) is 0 Å². The lowest BCUT2D eigenvalue weighted by atomic mass is 10.2. The van der Waals surface area contributed by atoms with E-state index in [-0.39, 0.29) is 17.1 Å². The number of fused-ring (bicyclic) bond motifs is 1. The number of anilines is 1. The number of nitrogens with zero attached hydrogens (tertiary/aromatic N) is 1. The smallest absolute Gasteiger partial charge is 0.257 e. The fraction of sp³-hybridized carbons (Fsp3) is 0.222. The molecule has 1 aromatic heterocycles. The van der Waals surface area contributed by atoms with Crippen LogP contribution in [0.2, 0.25) is 0 Å². The van der Waals surface area contributed by atoms with E-state index in [0.29, 0.717) is 40.6 Å². The van der Waals surface area contributed by atoms with E-state index in [9.17, 15) is 4.79 Å². The summed E-state index contributed by atoms with van der Waals surface area (Å²) in [5.74, 6) is 1.63. The Balaban J connectivity index is 1.41. The molecule has 1 amide bonds. The number of hydrogen-bond donors (Lipinski definition) is 2. The van der Waals surface area contributed by atoms with Crippen molar-refractivity contribution in [3.8, 4) is 23.0 Å². The zero-order chi connectivity index (χ0) is 24.8. The van der Waals surface area contributed by atoms with Crippen LogP contribution in [0.3, 0.4) is 0 Å². The van der Waals surface area contributed by atoms with Gasteiger partial charge >= 0.3 is 0 Å². The van der Waals surface area contributed by atoms with Crippen molar-refractivity contribution in [3.63, 3.8) is 0 Å². The van der Waals surface area contributed by atoms with E-state index in [1.807, 2.05) is 69.3 Å². The number of aromatic nitrogens is 1. The van der Waals surface area contributed by atoms with Crippen LogP contribution >= 0.6 is 12.2 Å². The largest absolute Gasteiger partial charge is 0.494 e. The second-order valence-electron chi connectivity index (χ2n) is 7.93. The molecule has 0 spiro atoms. The highest BCUT2D eigenvalue weighted by atomic mass is 32.1. The van der Waals surface area contributed by atoms with Crippen molar-refractivity contribution in [1.29, 1.82) is 0 Å². The van der Waals surface area contributed by atoms with Crippen LogP contribution in [0.1, 0.15) is 37.6 Å². The zero-order valence-corrected chi connectivity index (χ0v) is 20.6. The van der Waals surface area contributed by atoms with Gasteiger partial charge in [0, 0.05) is 16.8 Å². The molecule has 4 aromatic rings. The number of oxazole rings is 1. The highest BCUT2D eigenvalue weighted by Gasteiger charge is 2.12. The Morgan fingerprint density at radius 1 is 1.06 bits per heavy atom. The van der Waals surface area contributed by atoms with E-state index in [1.54, 1.807) is 18.2 Å². The third-order valence-electron chi connectivity index (χ3n) is 5.29. The minimum Gasteiger partial charge on any atom is -0.494 e. The fourth-order valence-electron chi connectivity index (χ4n) is 3.35. The molecule has 2 N–H and O–H groups in total. The second kappa shape index (κ2) is 11.0. The summed E-state index contributed by atoms with van der Waals surface area (Å²) in [7, 11) is 0. The van der Waals surface area contributed by atoms with Gasteiger partial charge in [0.2, 0.25) is 5.89 Å². The zero-order valence-electron chi connectivity index (χ0n) is 19.8. The molecule has 0 bridgehead atoms. The molecular weight excluding hydrogens is 462 g/mol. The molecule has 0 saturated carbocycles. The van der Waals surface area contributed by atoms with Gasteiger partial charge in [0.15, 0.2) is 10.7 Å². The van der Waals surface area contributed by atoms with Crippen molar-refractivity contribution in [2.24, 2.45) is 0 Å². The van der Waals surface area contributed by atoms with E-state index in [4.69, 9.17) is 26.1 Å². The third kappa shape index (κ3) is 6.16. The number of carbonyl (C=O) groups excluding carboxylic acids is 1. The highest BCUT2D eigenvalue weighted by molar-refractivity contribution is 7.80. The Bertz CT molecular complexity index is 1330. The SMILES string of the molecule is CCOc1ccc(-c2nc3cc(NC(=S)NC(=O)c4cccc(OC(C)CC)c4)ccc3o2)cc1. The summed E-state index contributed by atoms with van der Waals surface area (Å²) in [4.78, 5) is 17.2. The van der Waals surface area contributed by atoms with Crippen LogP contribution in [0.15, 0.2) is 71.1 Å². The Kier molecular flexibility index (Phi) is 7.62. The van der Waals surface area contributed by atoms with Crippen LogP contribution in [0.5, 0.6) is 11.5 Å². The summed E-state index contributed by atoms with van der Waals surface area (Å²) in [6.45, 7) is 6.58. The maximum atomic E-state index is 12.7. The standard InChI is InChI=1S/C27H27N3O4S/c1-4-17(3)33-22-8-6-7-19(15-22)25(31)30-27(35)28-20-11-14-24-23(16-20)29-26(34-24)18-9-12-21(13-10-18)32-5-2/h6-17H,4-5H2,1-3H3,(H2,28,30,31,35). The quantitative estimate of drug-likeness (QED) is 0.285. The highest BCUT2D eigenvalue weighted by Crippen LogP contribution is 2.27. The molecule has 180 valence electrons. The Labute approximate surface area is 209 Å². The maximum absolute atomic E-state index is 12.7. The van der Waals surface area contributed by atoms with Crippen LogP contribution < -0.4 is 20.1 Å². The first-order valence-corrected chi connectivity index (χ1v) is 11.9. The Hall–Kier alpha value is -3.91. The van der Waals surface area contributed by atoms with Gasteiger partial charge in [0.05, 0.1) is 12.7 Å². The number of hydrogen-bond acceptors (Lipinski definition) is 6. The average Bonchev–Trinajstić information content (AvgIpc) is 3.28. The topological polar surface area (TPSA) is 85.6 Å².